The van der Waals surface area contributed by atoms with Crippen LogP contribution in [-0.2, 0) is 35.5 Å². The summed E-state index contributed by atoms with van der Waals surface area (Å²) in [7, 11) is 2.14. The predicted molar refractivity (Wildman–Crippen MR) is 233 cm³/mol. The van der Waals surface area contributed by atoms with Gasteiger partial charge in [-0.15, -0.1) is 17.8 Å². The van der Waals surface area contributed by atoms with Crippen molar-refractivity contribution in [3.63, 3.8) is 0 Å². The summed E-state index contributed by atoms with van der Waals surface area (Å²) in [5.74, 6) is 2.63. The Morgan fingerprint density at radius 3 is 2.66 bits per heavy atom. The number of hydrogen-bond acceptors (Lipinski definition) is 12. The summed E-state index contributed by atoms with van der Waals surface area (Å²) in [6.07, 6.45) is 12.9. The van der Waals surface area contributed by atoms with Crippen LogP contribution in [-0.4, -0.2) is 118 Å². The summed E-state index contributed by atoms with van der Waals surface area (Å²) in [6.45, 7) is 7.94. The van der Waals surface area contributed by atoms with Crippen LogP contribution in [0, 0.1) is 18.2 Å². The Morgan fingerprint density at radius 1 is 1.07 bits per heavy atom. The molecule has 3 aliphatic heterocycles. The van der Waals surface area contributed by atoms with Crippen molar-refractivity contribution < 1.29 is 28.5 Å². The Morgan fingerprint density at radius 2 is 1.89 bits per heavy atom. The Hall–Kier alpha value is -5.27. The zero-order chi connectivity index (χ0) is 42.3. The molecule has 0 saturated carbocycles. The van der Waals surface area contributed by atoms with E-state index < -0.39 is 12.1 Å². The van der Waals surface area contributed by atoms with Gasteiger partial charge in [0.05, 0.1) is 22.7 Å². The van der Waals surface area contributed by atoms with Gasteiger partial charge in [-0.3, -0.25) is 9.80 Å². The van der Waals surface area contributed by atoms with E-state index in [1.54, 1.807) is 18.3 Å². The molecule has 2 atom stereocenters. The smallest absolute Gasteiger partial charge is 0.345 e. The van der Waals surface area contributed by atoms with Crippen molar-refractivity contribution in [2.24, 2.45) is 0 Å². The van der Waals surface area contributed by atoms with Crippen molar-refractivity contribution in [1.29, 1.82) is 0 Å². The fourth-order valence-corrected chi connectivity index (χ4v) is 9.17. The Labute approximate surface area is 363 Å². The van der Waals surface area contributed by atoms with Gasteiger partial charge in [0.2, 0.25) is 12.0 Å². The maximum Gasteiger partial charge on any atom is 0.345 e. The van der Waals surface area contributed by atoms with Crippen LogP contribution in [0.4, 0.5) is 4.39 Å². The molecule has 0 spiro atoms. The highest BCUT2D eigenvalue weighted by Crippen LogP contribution is 2.42. The Kier molecular flexibility index (Phi) is 13.6. The Bertz CT molecular complexity index is 2460. The first kappa shape index (κ1) is 42.4. The minimum atomic E-state index is -1.34. The first-order valence-electron chi connectivity index (χ1n) is 20.4. The number of thiophene rings is 1. The topological polar surface area (TPSA) is 126 Å². The second-order valence-electron chi connectivity index (χ2n) is 15.6. The number of nitrogens with zero attached hydrogens (tertiary/aromatic N) is 7. The molecule has 6 heterocycles. The lowest BCUT2D eigenvalue weighted by Crippen LogP contribution is -2.47. The molecular formula is C46H47ClFN7O5S. The molecule has 2 aromatic carbocycles. The van der Waals surface area contributed by atoms with Crippen LogP contribution in [0.5, 0.6) is 11.6 Å². The lowest BCUT2D eigenvalue weighted by atomic mass is 10.0. The van der Waals surface area contributed by atoms with Crippen molar-refractivity contribution in [1.82, 2.24) is 34.6 Å². The van der Waals surface area contributed by atoms with Crippen molar-refractivity contribution >= 4 is 39.1 Å². The van der Waals surface area contributed by atoms with E-state index in [0.717, 1.165) is 78.7 Å². The molecule has 3 aromatic heterocycles. The summed E-state index contributed by atoms with van der Waals surface area (Å²) >= 11 is 8.21. The zero-order valence-corrected chi connectivity index (χ0v) is 35.5. The number of terminal acetylenes is 1. The van der Waals surface area contributed by atoms with Crippen LogP contribution in [0.2, 0.25) is 0 Å². The number of carboxylic acid groups (broad SMARTS) is 1. The van der Waals surface area contributed by atoms with Crippen molar-refractivity contribution in [2.45, 2.75) is 44.4 Å². The molecule has 8 rings (SSSR count). The van der Waals surface area contributed by atoms with E-state index in [9.17, 15) is 14.3 Å². The number of aliphatic carboxylic acids is 1. The molecule has 0 aliphatic carbocycles. The highest BCUT2D eigenvalue weighted by atomic mass is 35.5. The molecule has 3 aliphatic rings. The predicted octanol–water partition coefficient (Wildman–Crippen LogP) is 6.73. The fraction of sp³-hybridized carbons (Fsp3) is 0.370. The van der Waals surface area contributed by atoms with E-state index >= 15 is 0 Å². The Balaban J connectivity index is 1.20. The number of carboxylic acids is 1. The first-order valence-corrected chi connectivity index (χ1v) is 21.6. The number of likely N-dealkylation sites (N-methyl/N-ethyl adjacent to an activating group) is 1. The summed E-state index contributed by atoms with van der Waals surface area (Å²) in [4.78, 5) is 40.0. The van der Waals surface area contributed by atoms with Crippen LogP contribution < -0.4 is 9.47 Å². The van der Waals surface area contributed by atoms with Crippen LogP contribution in [0.15, 0.2) is 83.8 Å². The van der Waals surface area contributed by atoms with E-state index in [4.69, 9.17) is 37.2 Å². The third kappa shape index (κ3) is 10.4. The molecule has 2 bridgehead atoms. The summed E-state index contributed by atoms with van der Waals surface area (Å²) in [5.41, 5.74) is 4.67. The van der Waals surface area contributed by atoms with Gasteiger partial charge in [-0.05, 0) is 72.0 Å². The number of hydrogen-bond donors (Lipinski definition) is 1. The lowest BCUT2D eigenvalue weighted by Gasteiger charge is -2.34. The molecule has 0 radical (unpaired) electrons. The summed E-state index contributed by atoms with van der Waals surface area (Å²) in [5, 5.41) is 11.6. The average molecular weight is 864 g/mol. The normalized spacial score (nSPS) is 20.8. The molecule has 2 saturated heterocycles. The molecule has 316 valence electrons. The minimum Gasteiger partial charge on any atom is -0.487 e. The van der Waals surface area contributed by atoms with E-state index in [2.05, 4.69) is 42.6 Å². The molecule has 0 amide bonds. The van der Waals surface area contributed by atoms with Gasteiger partial charge in [-0.1, -0.05) is 53.9 Å². The second-order valence-corrected chi connectivity index (χ2v) is 16.9. The fourth-order valence-electron chi connectivity index (χ4n) is 7.88. The maximum absolute atomic E-state index is 14.1. The molecule has 5 aromatic rings. The molecule has 0 unspecified atom stereocenters. The molecular weight excluding hydrogens is 817 g/mol. The van der Waals surface area contributed by atoms with Crippen LogP contribution in [0.25, 0.3) is 20.7 Å². The van der Waals surface area contributed by atoms with Gasteiger partial charge < -0.3 is 24.2 Å². The number of piperazine rings is 1. The number of carbonyl (C=O) groups is 1. The molecule has 12 nitrogen and oxygen atoms in total. The van der Waals surface area contributed by atoms with E-state index in [1.807, 2.05) is 36.4 Å². The number of allylic oxidation sites excluding steroid dienone is 2. The van der Waals surface area contributed by atoms with Crippen molar-refractivity contribution in [2.75, 3.05) is 66.1 Å². The first-order chi connectivity index (χ1) is 29.7. The second kappa shape index (κ2) is 19.6. The number of aromatic nitrogens is 4. The third-order valence-electron chi connectivity index (χ3n) is 11.3. The number of halogens is 2. The van der Waals surface area contributed by atoms with Crippen molar-refractivity contribution in [3.8, 4) is 34.4 Å². The van der Waals surface area contributed by atoms with Gasteiger partial charge in [0.15, 0.2) is 0 Å². The number of benzene rings is 2. The SMILES string of the molecule is C#C/C(Cl)=C1\C=C/Cc2c(-c3ccc(F)cc3)sc3ncnc(c23)O[C@@H](C(=O)O)Cc2cc(ccc2OCc2ccnc([C@@H]3CCOC3)n2)CN(CCN2CCN(C)CC2)C1. The molecule has 2 fully saturated rings. The zero-order valence-electron chi connectivity index (χ0n) is 33.9. The molecule has 61 heavy (non-hydrogen) atoms. The van der Waals surface area contributed by atoms with Gasteiger partial charge in [-0.2, -0.15) is 0 Å². The summed E-state index contributed by atoms with van der Waals surface area (Å²) in [6, 6.07) is 14.0. The van der Waals surface area contributed by atoms with Gasteiger partial charge in [0, 0.05) is 82.4 Å². The molecule has 15 heteroatoms. The van der Waals surface area contributed by atoms with E-state index in [-0.39, 0.29) is 30.6 Å². The largest absolute Gasteiger partial charge is 0.487 e. The van der Waals surface area contributed by atoms with E-state index in [0.29, 0.717) is 65.0 Å². The highest BCUT2D eigenvalue weighted by molar-refractivity contribution is 7.22. The standard InChI is InChI=1S/C46H47ClFN7O5S/c1-3-38(47)32-5-4-6-37-41-44(50-29-51-45(41)61-42(37)31-8-10-35(48)11-9-31)60-40(46(56)57)24-34-23-30(25-55(26-32)21-20-54-18-16-53(2)17-19-54)7-12-39(34)59-28-36-13-15-49-43(52-36)33-14-22-58-27-33/h1,4-5,7-13,15,23,29,33,40H,6,14,16-22,24-28H2,2H3,(H,56,57)/b5-4-,38-32-/t33-,40-/m1/s1. The quantitative estimate of drug-likeness (QED) is 0.158. The van der Waals surface area contributed by atoms with Crippen LogP contribution in [0.3, 0.4) is 0 Å². The van der Waals surface area contributed by atoms with Gasteiger partial charge in [0.1, 0.15) is 35.2 Å². The highest BCUT2D eigenvalue weighted by Gasteiger charge is 2.28. The number of rotatable bonds is 9. The summed E-state index contributed by atoms with van der Waals surface area (Å²) < 4.78 is 32.6. The monoisotopic (exact) mass is 863 g/mol. The number of fused-ring (bicyclic) bond motifs is 2. The third-order valence-corrected chi connectivity index (χ3v) is 12.8. The van der Waals surface area contributed by atoms with E-state index in [1.165, 1.54) is 29.8 Å². The maximum atomic E-state index is 14.1. The lowest BCUT2D eigenvalue weighted by molar-refractivity contribution is -0.145. The average Bonchev–Trinajstić information content (AvgIpc) is 3.95. The van der Waals surface area contributed by atoms with Gasteiger partial charge in [-0.25, -0.2) is 29.1 Å². The number of ether oxygens (including phenoxy) is 3. The molecule has 1 N–H and O–H groups in total. The minimum absolute atomic E-state index is 0.0298. The van der Waals surface area contributed by atoms with Crippen molar-refractivity contribution in [3.05, 3.63) is 118 Å². The van der Waals surface area contributed by atoms with Gasteiger partial charge in [0.25, 0.3) is 0 Å². The van der Waals surface area contributed by atoms with Gasteiger partial charge >= 0.3 is 5.97 Å². The van der Waals surface area contributed by atoms with Crippen LogP contribution in [0.1, 0.15) is 40.5 Å². The van der Waals surface area contributed by atoms with Crippen LogP contribution >= 0.6 is 22.9 Å².